The number of nitrogens with zero attached hydrogens (tertiary/aromatic N) is 4. The lowest BCUT2D eigenvalue weighted by Crippen LogP contribution is -2.51. The predicted octanol–water partition coefficient (Wildman–Crippen LogP) is -0.440. The molecule has 1 aliphatic heterocycles. The Morgan fingerprint density at radius 3 is 2.83 bits per heavy atom. The summed E-state index contributed by atoms with van der Waals surface area (Å²) < 4.78 is 1.89. The number of piperazine rings is 1. The zero-order valence-electron chi connectivity index (χ0n) is 11.5. The molecule has 1 aliphatic rings. The molecule has 2 rings (SSSR count). The van der Waals surface area contributed by atoms with Gasteiger partial charge >= 0.3 is 0 Å². The zero-order chi connectivity index (χ0) is 13.1. The zero-order valence-corrected chi connectivity index (χ0v) is 11.5. The molecular weight excluding hydrogens is 228 g/mol. The molecule has 0 bridgehead atoms. The molecule has 3 N–H and O–H groups in total. The Morgan fingerprint density at radius 1 is 1.44 bits per heavy atom. The van der Waals surface area contributed by atoms with Crippen LogP contribution >= 0.6 is 0 Å². The summed E-state index contributed by atoms with van der Waals surface area (Å²) in [5, 5.41) is 4.21. The molecule has 1 saturated heterocycles. The molecule has 2 atom stereocenters. The second-order valence-corrected chi connectivity index (χ2v) is 5.23. The van der Waals surface area contributed by atoms with Crippen molar-refractivity contribution >= 4 is 0 Å². The van der Waals surface area contributed by atoms with Gasteiger partial charge in [-0.05, 0) is 26.6 Å². The summed E-state index contributed by atoms with van der Waals surface area (Å²) in [5.74, 6) is 5.71. The molecular formula is C12H24N6. The second-order valence-electron chi connectivity index (χ2n) is 5.23. The van der Waals surface area contributed by atoms with Crippen LogP contribution < -0.4 is 11.3 Å². The third-order valence-corrected chi connectivity index (χ3v) is 3.91. The Kier molecular flexibility index (Phi) is 4.34. The number of hydrazine groups is 1. The van der Waals surface area contributed by atoms with Crippen LogP contribution in [0.5, 0.6) is 0 Å². The highest BCUT2D eigenvalue weighted by atomic mass is 15.3. The third kappa shape index (κ3) is 2.89. The van der Waals surface area contributed by atoms with E-state index in [4.69, 9.17) is 5.84 Å². The molecule has 0 spiro atoms. The number of nitrogens with two attached hydrogens (primary N) is 1. The number of aromatic nitrogens is 2. The molecule has 0 saturated carbocycles. The van der Waals surface area contributed by atoms with Crippen molar-refractivity contribution in [1.29, 1.82) is 0 Å². The van der Waals surface area contributed by atoms with Crippen LogP contribution in [-0.4, -0.2) is 59.4 Å². The Labute approximate surface area is 109 Å². The minimum absolute atomic E-state index is 0.149. The van der Waals surface area contributed by atoms with E-state index in [2.05, 4.69) is 34.4 Å². The van der Waals surface area contributed by atoms with Gasteiger partial charge in [-0.3, -0.25) is 16.0 Å². The smallest absolute Gasteiger partial charge is 0.0644 e. The molecule has 6 heteroatoms. The summed E-state index contributed by atoms with van der Waals surface area (Å²) in [5.41, 5.74) is 4.06. The molecule has 0 amide bonds. The van der Waals surface area contributed by atoms with E-state index >= 15 is 0 Å². The normalized spacial score (nSPS) is 24.3. The quantitative estimate of drug-likeness (QED) is 0.562. The van der Waals surface area contributed by atoms with Crippen molar-refractivity contribution in [1.82, 2.24) is 25.0 Å². The minimum Gasteiger partial charge on any atom is -0.304 e. The summed E-state index contributed by atoms with van der Waals surface area (Å²) in [6, 6.07) is 2.70. The molecule has 2 heterocycles. The van der Waals surface area contributed by atoms with Crippen molar-refractivity contribution in [2.24, 2.45) is 12.9 Å². The van der Waals surface area contributed by atoms with Gasteiger partial charge < -0.3 is 9.80 Å². The first-order valence-electron chi connectivity index (χ1n) is 6.44. The third-order valence-electron chi connectivity index (χ3n) is 3.91. The Bertz CT molecular complexity index is 376. The van der Waals surface area contributed by atoms with Gasteiger partial charge in [-0.2, -0.15) is 5.10 Å². The number of hydrogen-bond donors (Lipinski definition) is 2. The van der Waals surface area contributed by atoms with Crippen LogP contribution in [0.15, 0.2) is 12.3 Å². The first-order valence-corrected chi connectivity index (χ1v) is 6.44. The topological polar surface area (TPSA) is 62.4 Å². The lowest BCUT2D eigenvalue weighted by atomic mass is 10.0. The van der Waals surface area contributed by atoms with Crippen LogP contribution in [0.4, 0.5) is 0 Å². The lowest BCUT2D eigenvalue weighted by molar-refractivity contribution is 0.100. The number of hydrogen-bond acceptors (Lipinski definition) is 5. The number of aryl methyl sites for hydroxylation is 1. The highest BCUT2D eigenvalue weighted by Crippen LogP contribution is 2.21. The molecule has 18 heavy (non-hydrogen) atoms. The van der Waals surface area contributed by atoms with Crippen LogP contribution in [-0.2, 0) is 7.05 Å². The molecule has 0 aliphatic carbocycles. The molecule has 1 aromatic heterocycles. The molecule has 1 fully saturated rings. The number of rotatable bonds is 4. The first kappa shape index (κ1) is 13.5. The van der Waals surface area contributed by atoms with E-state index in [9.17, 15) is 0 Å². The van der Waals surface area contributed by atoms with Gasteiger partial charge in [0.1, 0.15) is 0 Å². The van der Waals surface area contributed by atoms with Gasteiger partial charge in [0.15, 0.2) is 0 Å². The molecule has 102 valence electrons. The van der Waals surface area contributed by atoms with Crippen molar-refractivity contribution in [2.45, 2.75) is 18.5 Å². The maximum Gasteiger partial charge on any atom is 0.0644 e. The maximum absolute atomic E-state index is 5.71. The Morgan fingerprint density at radius 2 is 2.22 bits per heavy atom. The Hall–Kier alpha value is -0.950. The first-order chi connectivity index (χ1) is 8.61. The summed E-state index contributed by atoms with van der Waals surface area (Å²) in [4.78, 5) is 4.79. The van der Waals surface area contributed by atoms with Crippen molar-refractivity contribution in [3.8, 4) is 0 Å². The van der Waals surface area contributed by atoms with Crippen LogP contribution in [0.1, 0.15) is 18.2 Å². The van der Waals surface area contributed by atoms with E-state index < -0.39 is 0 Å². The maximum atomic E-state index is 5.71. The highest BCUT2D eigenvalue weighted by Gasteiger charge is 2.26. The average Bonchev–Trinajstić information content (AvgIpc) is 2.77. The lowest BCUT2D eigenvalue weighted by Gasteiger charge is -2.39. The molecule has 0 aromatic carbocycles. The van der Waals surface area contributed by atoms with Crippen LogP contribution in [0.2, 0.25) is 0 Å². The van der Waals surface area contributed by atoms with Crippen LogP contribution in [0, 0.1) is 0 Å². The largest absolute Gasteiger partial charge is 0.304 e. The van der Waals surface area contributed by atoms with Gasteiger partial charge in [0.25, 0.3) is 0 Å². The minimum atomic E-state index is 0.149. The van der Waals surface area contributed by atoms with Gasteiger partial charge in [-0.1, -0.05) is 0 Å². The highest BCUT2D eigenvalue weighted by molar-refractivity contribution is 5.07. The standard InChI is InChI=1S/C12H24N6/c1-16-6-7-17(2)10(9-16)8-11(15-13)12-4-5-14-18(12)3/h4-5,10-11,15H,6-9,13H2,1-3H3. The summed E-state index contributed by atoms with van der Waals surface area (Å²) >= 11 is 0. The number of likely N-dealkylation sites (N-methyl/N-ethyl adjacent to an activating group) is 2. The van der Waals surface area contributed by atoms with Crippen LogP contribution in [0.25, 0.3) is 0 Å². The van der Waals surface area contributed by atoms with E-state index in [1.54, 1.807) is 0 Å². The van der Waals surface area contributed by atoms with Crippen molar-refractivity contribution in [2.75, 3.05) is 33.7 Å². The van der Waals surface area contributed by atoms with Crippen molar-refractivity contribution in [3.63, 3.8) is 0 Å². The van der Waals surface area contributed by atoms with E-state index in [1.807, 2.05) is 24.0 Å². The fourth-order valence-electron chi connectivity index (χ4n) is 2.63. The Balaban J connectivity index is 2.04. The van der Waals surface area contributed by atoms with Crippen molar-refractivity contribution < 1.29 is 0 Å². The van der Waals surface area contributed by atoms with Crippen LogP contribution in [0.3, 0.4) is 0 Å². The predicted molar refractivity (Wildman–Crippen MR) is 71.8 cm³/mol. The van der Waals surface area contributed by atoms with E-state index in [-0.39, 0.29) is 6.04 Å². The van der Waals surface area contributed by atoms with E-state index in [0.717, 1.165) is 31.7 Å². The average molecular weight is 252 g/mol. The molecule has 6 nitrogen and oxygen atoms in total. The van der Waals surface area contributed by atoms with Gasteiger partial charge in [0.2, 0.25) is 0 Å². The number of nitrogens with one attached hydrogen (secondary N) is 1. The summed E-state index contributed by atoms with van der Waals surface area (Å²) in [6.45, 7) is 3.34. The fourth-order valence-corrected chi connectivity index (χ4v) is 2.63. The SMILES string of the molecule is CN1CCN(C)C(CC(NN)c2ccnn2C)C1. The van der Waals surface area contributed by atoms with Crippen molar-refractivity contribution in [3.05, 3.63) is 18.0 Å². The summed E-state index contributed by atoms with van der Waals surface area (Å²) in [7, 11) is 6.32. The fraction of sp³-hybridized carbons (Fsp3) is 0.750. The second kappa shape index (κ2) is 5.79. The van der Waals surface area contributed by atoms with Gasteiger partial charge in [0.05, 0.1) is 11.7 Å². The van der Waals surface area contributed by atoms with Gasteiger partial charge in [-0.25, -0.2) is 0 Å². The van der Waals surface area contributed by atoms with E-state index in [0.29, 0.717) is 6.04 Å². The van der Waals surface area contributed by atoms with Gasteiger partial charge in [-0.15, -0.1) is 0 Å². The monoisotopic (exact) mass is 252 g/mol. The summed E-state index contributed by atoms with van der Waals surface area (Å²) in [6.07, 6.45) is 2.81. The molecule has 1 aromatic rings. The molecule has 2 unspecified atom stereocenters. The van der Waals surface area contributed by atoms with Gasteiger partial charge in [0, 0.05) is 38.9 Å². The molecule has 0 radical (unpaired) electrons. The van der Waals surface area contributed by atoms with E-state index in [1.165, 1.54) is 0 Å².